The molecule has 2 nitrogen and oxygen atoms in total. The Morgan fingerprint density at radius 3 is 2.50 bits per heavy atom. The van der Waals surface area contributed by atoms with E-state index >= 15 is 0 Å². The molecular weight excluding hydrogens is 260 g/mol. The molecule has 2 N–H and O–H groups in total. The number of likely N-dealkylation sites (N-methyl/N-ethyl adjacent to an activating group) is 1. The van der Waals surface area contributed by atoms with Gasteiger partial charge in [-0.05, 0) is 55.0 Å². The molecule has 1 heterocycles. The van der Waals surface area contributed by atoms with Gasteiger partial charge in [-0.1, -0.05) is 0 Å². The predicted molar refractivity (Wildman–Crippen MR) is 64.6 cm³/mol. The largest absolute Gasteiger partial charge is 0.323 e. The molecule has 0 saturated heterocycles. The molecule has 1 fully saturated rings. The standard InChI is InChI=1S/C10H15BrN2S/c1-13(2)9(10(12)5-6-10)7-3-4-8(11)14-7/h3-4,9H,5-6,12H2,1-2H3. The van der Waals surface area contributed by atoms with Gasteiger partial charge in [-0.3, -0.25) is 0 Å². The zero-order valence-corrected chi connectivity index (χ0v) is 10.9. The summed E-state index contributed by atoms with van der Waals surface area (Å²) in [6.45, 7) is 0. The minimum atomic E-state index is 0.0216. The van der Waals surface area contributed by atoms with Gasteiger partial charge in [-0.25, -0.2) is 0 Å². The van der Waals surface area contributed by atoms with Crippen LogP contribution in [0.4, 0.5) is 0 Å². The summed E-state index contributed by atoms with van der Waals surface area (Å²) in [6.07, 6.45) is 2.29. The van der Waals surface area contributed by atoms with E-state index in [4.69, 9.17) is 5.73 Å². The van der Waals surface area contributed by atoms with Gasteiger partial charge >= 0.3 is 0 Å². The topological polar surface area (TPSA) is 29.3 Å². The highest BCUT2D eigenvalue weighted by Crippen LogP contribution is 2.47. The molecule has 1 unspecified atom stereocenters. The number of thiophene rings is 1. The van der Waals surface area contributed by atoms with Crippen LogP contribution in [0.2, 0.25) is 0 Å². The van der Waals surface area contributed by atoms with Crippen LogP contribution in [-0.2, 0) is 0 Å². The van der Waals surface area contributed by atoms with Gasteiger partial charge in [0, 0.05) is 10.4 Å². The van der Waals surface area contributed by atoms with Crippen LogP contribution in [0.15, 0.2) is 15.9 Å². The first-order chi connectivity index (χ1) is 6.53. The molecule has 1 aromatic heterocycles. The summed E-state index contributed by atoms with van der Waals surface area (Å²) in [5.74, 6) is 0. The lowest BCUT2D eigenvalue weighted by Crippen LogP contribution is -2.38. The van der Waals surface area contributed by atoms with Crippen LogP contribution in [0.5, 0.6) is 0 Å². The number of hydrogen-bond acceptors (Lipinski definition) is 3. The summed E-state index contributed by atoms with van der Waals surface area (Å²) in [4.78, 5) is 3.59. The van der Waals surface area contributed by atoms with Gasteiger partial charge < -0.3 is 10.6 Å². The Labute approximate surface area is 97.2 Å². The second-order valence-corrected chi connectivity index (χ2v) is 6.74. The summed E-state index contributed by atoms with van der Waals surface area (Å²) >= 11 is 5.28. The first-order valence-corrected chi connectivity index (χ1v) is 6.34. The lowest BCUT2D eigenvalue weighted by atomic mass is 10.0. The molecule has 0 spiro atoms. The quantitative estimate of drug-likeness (QED) is 0.918. The molecule has 4 heteroatoms. The Morgan fingerprint density at radius 1 is 1.50 bits per heavy atom. The SMILES string of the molecule is CN(C)C(c1ccc(Br)s1)C1(N)CC1. The maximum Gasteiger partial charge on any atom is 0.0702 e. The normalized spacial score (nSPS) is 21.2. The Morgan fingerprint density at radius 2 is 2.14 bits per heavy atom. The van der Waals surface area contributed by atoms with Crippen LogP contribution in [0.25, 0.3) is 0 Å². The molecule has 1 aromatic rings. The van der Waals surface area contributed by atoms with E-state index < -0.39 is 0 Å². The molecule has 0 radical (unpaired) electrons. The van der Waals surface area contributed by atoms with Crippen LogP contribution in [0.3, 0.4) is 0 Å². The Hall–Kier alpha value is 0.1000. The van der Waals surface area contributed by atoms with Crippen LogP contribution in [-0.4, -0.2) is 24.5 Å². The average Bonchev–Trinajstić information content (AvgIpc) is 2.65. The van der Waals surface area contributed by atoms with E-state index in [2.05, 4.69) is 47.1 Å². The van der Waals surface area contributed by atoms with Crippen molar-refractivity contribution in [3.8, 4) is 0 Å². The molecule has 1 atom stereocenters. The molecule has 1 aliphatic rings. The third-order valence-corrected chi connectivity index (χ3v) is 4.43. The summed E-state index contributed by atoms with van der Waals surface area (Å²) in [6, 6.07) is 4.65. The average molecular weight is 275 g/mol. The lowest BCUT2D eigenvalue weighted by molar-refractivity contribution is 0.250. The second-order valence-electron chi connectivity index (χ2n) is 4.24. The molecule has 0 aliphatic heterocycles. The number of nitrogens with two attached hydrogens (primary N) is 1. The van der Waals surface area contributed by atoms with Gasteiger partial charge in [0.25, 0.3) is 0 Å². The number of hydrogen-bond donors (Lipinski definition) is 1. The van der Waals surface area contributed by atoms with Crippen molar-refractivity contribution in [3.05, 3.63) is 20.8 Å². The molecule has 2 rings (SSSR count). The zero-order valence-electron chi connectivity index (χ0n) is 8.46. The third-order valence-electron chi connectivity index (χ3n) is 2.75. The minimum absolute atomic E-state index is 0.0216. The molecule has 78 valence electrons. The van der Waals surface area contributed by atoms with E-state index in [9.17, 15) is 0 Å². The Bertz CT molecular complexity index is 331. The summed E-state index contributed by atoms with van der Waals surface area (Å²) < 4.78 is 1.18. The van der Waals surface area contributed by atoms with Crippen molar-refractivity contribution in [2.45, 2.75) is 24.4 Å². The number of rotatable bonds is 3. The van der Waals surface area contributed by atoms with Crippen molar-refractivity contribution in [3.63, 3.8) is 0 Å². The summed E-state index contributed by atoms with van der Waals surface area (Å²) in [5.41, 5.74) is 6.30. The van der Waals surface area contributed by atoms with Crippen LogP contribution >= 0.6 is 27.3 Å². The highest BCUT2D eigenvalue weighted by molar-refractivity contribution is 9.11. The minimum Gasteiger partial charge on any atom is -0.323 e. The molecular formula is C10H15BrN2S. The van der Waals surface area contributed by atoms with Crippen molar-refractivity contribution in [1.29, 1.82) is 0 Å². The summed E-state index contributed by atoms with van der Waals surface area (Å²) in [5, 5.41) is 0. The fourth-order valence-corrected chi connectivity index (χ4v) is 3.69. The monoisotopic (exact) mass is 274 g/mol. The van der Waals surface area contributed by atoms with E-state index in [1.54, 1.807) is 11.3 Å². The van der Waals surface area contributed by atoms with Gasteiger partial charge in [0.2, 0.25) is 0 Å². The molecule has 0 aromatic carbocycles. The van der Waals surface area contributed by atoms with Crippen LogP contribution < -0.4 is 5.73 Å². The van der Waals surface area contributed by atoms with Crippen molar-refractivity contribution in [2.75, 3.05) is 14.1 Å². The number of halogens is 1. The molecule has 1 saturated carbocycles. The highest BCUT2D eigenvalue weighted by atomic mass is 79.9. The van der Waals surface area contributed by atoms with Gasteiger partial charge in [0.1, 0.15) is 0 Å². The highest BCUT2D eigenvalue weighted by Gasteiger charge is 2.47. The van der Waals surface area contributed by atoms with Crippen molar-refractivity contribution in [2.24, 2.45) is 5.73 Å². The van der Waals surface area contributed by atoms with E-state index in [0.717, 1.165) is 12.8 Å². The zero-order chi connectivity index (χ0) is 10.3. The lowest BCUT2D eigenvalue weighted by Gasteiger charge is -2.29. The molecule has 14 heavy (non-hydrogen) atoms. The van der Waals surface area contributed by atoms with E-state index in [-0.39, 0.29) is 5.54 Å². The fourth-order valence-electron chi connectivity index (χ4n) is 1.95. The molecule has 1 aliphatic carbocycles. The smallest absolute Gasteiger partial charge is 0.0702 e. The van der Waals surface area contributed by atoms with Gasteiger partial charge in [-0.15, -0.1) is 11.3 Å². The van der Waals surface area contributed by atoms with E-state index in [0.29, 0.717) is 6.04 Å². The predicted octanol–water partition coefficient (Wildman–Crippen LogP) is 2.60. The Balaban J connectivity index is 2.27. The first kappa shape index (κ1) is 10.6. The maximum absolute atomic E-state index is 6.28. The maximum atomic E-state index is 6.28. The second kappa shape index (κ2) is 3.59. The number of nitrogens with zero attached hydrogens (tertiary/aromatic N) is 1. The first-order valence-electron chi connectivity index (χ1n) is 4.73. The fraction of sp³-hybridized carbons (Fsp3) is 0.600. The van der Waals surface area contributed by atoms with Gasteiger partial charge in [0.15, 0.2) is 0 Å². The van der Waals surface area contributed by atoms with Crippen LogP contribution in [0, 0.1) is 0 Å². The molecule has 0 amide bonds. The van der Waals surface area contributed by atoms with Crippen molar-refractivity contribution in [1.82, 2.24) is 4.90 Å². The van der Waals surface area contributed by atoms with Crippen molar-refractivity contribution < 1.29 is 0 Å². The van der Waals surface area contributed by atoms with E-state index in [1.807, 2.05) is 0 Å². The summed E-state index contributed by atoms with van der Waals surface area (Å²) in [7, 11) is 4.20. The van der Waals surface area contributed by atoms with Crippen LogP contribution in [0.1, 0.15) is 23.8 Å². The van der Waals surface area contributed by atoms with E-state index in [1.165, 1.54) is 8.66 Å². The van der Waals surface area contributed by atoms with Gasteiger partial charge in [0.05, 0.1) is 9.83 Å². The molecule has 0 bridgehead atoms. The third kappa shape index (κ3) is 1.89. The van der Waals surface area contributed by atoms with Crippen molar-refractivity contribution >= 4 is 27.3 Å². The van der Waals surface area contributed by atoms with Gasteiger partial charge in [-0.2, -0.15) is 0 Å². The Kier molecular flexibility index (Phi) is 2.72.